The van der Waals surface area contributed by atoms with Gasteiger partial charge in [-0.25, -0.2) is 15.0 Å². The second kappa shape index (κ2) is 5.77. The SMILES string of the molecule is Cc1cc(C(=O)N2CC[C@@](C)(O)[C@H](n3cnc4c(N)ncnc43)C2)no1. The van der Waals surface area contributed by atoms with Gasteiger partial charge >= 0.3 is 0 Å². The fourth-order valence-electron chi connectivity index (χ4n) is 3.32. The van der Waals surface area contributed by atoms with Crippen LogP contribution in [-0.2, 0) is 0 Å². The highest BCUT2D eigenvalue weighted by Gasteiger charge is 2.41. The number of carbonyl (C=O) groups excluding carboxylic acids is 1. The van der Waals surface area contributed by atoms with E-state index in [2.05, 4.69) is 20.1 Å². The van der Waals surface area contributed by atoms with Crippen LogP contribution in [0, 0.1) is 6.92 Å². The smallest absolute Gasteiger partial charge is 0.276 e. The molecule has 4 heterocycles. The molecule has 0 unspecified atom stereocenters. The molecule has 1 amide bonds. The van der Waals surface area contributed by atoms with Gasteiger partial charge in [0.05, 0.1) is 18.0 Å². The van der Waals surface area contributed by atoms with Gasteiger partial charge in [0.15, 0.2) is 17.2 Å². The van der Waals surface area contributed by atoms with Crippen molar-refractivity contribution >= 4 is 22.9 Å². The molecule has 1 aliphatic heterocycles. The molecule has 26 heavy (non-hydrogen) atoms. The lowest BCUT2D eigenvalue weighted by atomic mass is 9.88. The Morgan fingerprint density at radius 1 is 1.42 bits per heavy atom. The highest BCUT2D eigenvalue weighted by Crippen LogP contribution is 2.34. The number of hydrogen-bond acceptors (Lipinski definition) is 8. The zero-order chi connectivity index (χ0) is 18.5. The standard InChI is InChI=1S/C16H19N7O3/c1-9-5-10(21-26-9)15(24)22-4-3-16(2,25)11(6-22)23-8-20-12-13(17)18-7-19-14(12)23/h5,7-8,11,25H,3-4,6H2,1-2H3,(H2,17,18,19)/t11-,16-/m1/s1. The van der Waals surface area contributed by atoms with Crippen LogP contribution in [0.4, 0.5) is 5.82 Å². The predicted octanol–water partition coefficient (Wildman–Crippen LogP) is 0.543. The summed E-state index contributed by atoms with van der Waals surface area (Å²) in [5, 5.41) is 14.7. The third kappa shape index (κ3) is 2.58. The van der Waals surface area contributed by atoms with Crippen LogP contribution in [0.2, 0.25) is 0 Å². The fraction of sp³-hybridized carbons (Fsp3) is 0.438. The number of anilines is 1. The van der Waals surface area contributed by atoms with E-state index in [1.165, 1.54) is 6.33 Å². The Kier molecular flexibility index (Phi) is 3.65. The summed E-state index contributed by atoms with van der Waals surface area (Å²) in [5.74, 6) is 0.609. The number of carbonyl (C=O) groups is 1. The van der Waals surface area contributed by atoms with Gasteiger partial charge in [-0.15, -0.1) is 0 Å². The van der Waals surface area contributed by atoms with Gasteiger partial charge in [-0.2, -0.15) is 0 Å². The molecule has 1 fully saturated rings. The first kappa shape index (κ1) is 16.5. The molecule has 1 aliphatic rings. The maximum Gasteiger partial charge on any atom is 0.276 e. The van der Waals surface area contributed by atoms with Crippen molar-refractivity contribution in [3.63, 3.8) is 0 Å². The minimum absolute atomic E-state index is 0.235. The van der Waals surface area contributed by atoms with Gasteiger partial charge in [-0.3, -0.25) is 4.79 Å². The molecule has 0 spiro atoms. The Morgan fingerprint density at radius 2 is 2.23 bits per heavy atom. The summed E-state index contributed by atoms with van der Waals surface area (Å²) in [6.07, 6.45) is 3.33. The molecule has 0 aliphatic carbocycles. The second-order valence-corrected chi connectivity index (χ2v) is 6.78. The summed E-state index contributed by atoms with van der Waals surface area (Å²) in [5.41, 5.74) is 6.06. The summed E-state index contributed by atoms with van der Waals surface area (Å²) in [6, 6.07) is 1.16. The van der Waals surface area contributed by atoms with Gasteiger partial charge in [0.2, 0.25) is 0 Å². The van der Waals surface area contributed by atoms with Gasteiger partial charge < -0.3 is 24.8 Å². The maximum atomic E-state index is 12.7. The molecule has 10 heteroatoms. The lowest BCUT2D eigenvalue weighted by molar-refractivity contribution is -0.0435. The predicted molar refractivity (Wildman–Crippen MR) is 91.2 cm³/mol. The molecule has 2 atom stereocenters. The van der Waals surface area contributed by atoms with Crippen molar-refractivity contribution in [1.29, 1.82) is 0 Å². The number of imidazole rings is 1. The first-order chi connectivity index (χ1) is 12.4. The zero-order valence-electron chi connectivity index (χ0n) is 14.5. The molecular weight excluding hydrogens is 338 g/mol. The second-order valence-electron chi connectivity index (χ2n) is 6.78. The number of aryl methyl sites for hydroxylation is 1. The Bertz CT molecular complexity index is 977. The summed E-state index contributed by atoms with van der Waals surface area (Å²) in [6.45, 7) is 4.18. The molecule has 0 bridgehead atoms. The summed E-state index contributed by atoms with van der Waals surface area (Å²) in [4.78, 5) is 26.8. The quantitative estimate of drug-likeness (QED) is 0.678. The number of hydrogen-bond donors (Lipinski definition) is 2. The van der Waals surface area contributed by atoms with Gasteiger partial charge in [0, 0.05) is 19.2 Å². The average molecular weight is 357 g/mol. The maximum absolute atomic E-state index is 12.7. The van der Waals surface area contributed by atoms with Crippen molar-refractivity contribution < 1.29 is 14.4 Å². The number of amides is 1. The van der Waals surface area contributed by atoms with Crippen LogP contribution in [-0.4, -0.2) is 59.3 Å². The van der Waals surface area contributed by atoms with Gasteiger partial charge in [0.25, 0.3) is 5.91 Å². The number of aromatic nitrogens is 5. The van der Waals surface area contributed by atoms with Gasteiger partial charge in [-0.1, -0.05) is 5.16 Å². The Hall–Kier alpha value is -3.01. The van der Waals surface area contributed by atoms with Crippen molar-refractivity contribution in [3.05, 3.63) is 30.2 Å². The molecule has 0 radical (unpaired) electrons. The molecule has 0 aromatic carbocycles. The summed E-state index contributed by atoms with van der Waals surface area (Å²) in [7, 11) is 0. The van der Waals surface area contributed by atoms with E-state index < -0.39 is 11.6 Å². The molecule has 3 aromatic heterocycles. The minimum atomic E-state index is -1.04. The lowest BCUT2D eigenvalue weighted by Crippen LogP contribution is -2.52. The number of likely N-dealkylation sites (tertiary alicyclic amines) is 1. The molecule has 0 saturated carbocycles. The number of piperidine rings is 1. The van der Waals surface area contributed by atoms with Crippen LogP contribution < -0.4 is 5.73 Å². The molecule has 3 N–H and O–H groups in total. The van der Waals surface area contributed by atoms with Gasteiger partial charge in [-0.05, 0) is 20.3 Å². The molecular formula is C16H19N7O3. The minimum Gasteiger partial charge on any atom is -0.388 e. The highest BCUT2D eigenvalue weighted by molar-refractivity contribution is 5.92. The van der Waals surface area contributed by atoms with Crippen molar-refractivity contribution in [3.8, 4) is 0 Å². The number of aliphatic hydroxyl groups is 1. The third-order valence-electron chi connectivity index (χ3n) is 4.86. The first-order valence-electron chi connectivity index (χ1n) is 8.25. The summed E-state index contributed by atoms with van der Waals surface area (Å²) < 4.78 is 6.75. The van der Waals surface area contributed by atoms with E-state index in [4.69, 9.17) is 10.3 Å². The van der Waals surface area contributed by atoms with Crippen molar-refractivity contribution in [2.45, 2.75) is 31.9 Å². The largest absolute Gasteiger partial charge is 0.388 e. The lowest BCUT2D eigenvalue weighted by Gasteiger charge is -2.42. The zero-order valence-corrected chi connectivity index (χ0v) is 14.5. The number of rotatable bonds is 2. The molecule has 4 rings (SSSR count). The van der Waals surface area contributed by atoms with E-state index in [1.54, 1.807) is 35.7 Å². The summed E-state index contributed by atoms with van der Waals surface area (Å²) >= 11 is 0. The highest BCUT2D eigenvalue weighted by atomic mass is 16.5. The Balaban J connectivity index is 1.69. The van der Waals surface area contributed by atoms with Crippen LogP contribution in [0.15, 0.2) is 23.2 Å². The van der Waals surface area contributed by atoms with Crippen molar-refractivity contribution in [2.75, 3.05) is 18.8 Å². The van der Waals surface area contributed by atoms with E-state index >= 15 is 0 Å². The van der Waals surface area contributed by atoms with Crippen LogP contribution in [0.5, 0.6) is 0 Å². The number of fused-ring (bicyclic) bond motifs is 1. The number of nitrogens with two attached hydrogens (primary N) is 1. The van der Waals surface area contributed by atoms with E-state index in [0.717, 1.165) is 0 Å². The van der Waals surface area contributed by atoms with Crippen molar-refractivity contribution in [1.82, 2.24) is 29.6 Å². The third-order valence-corrected chi connectivity index (χ3v) is 4.86. The van der Waals surface area contributed by atoms with Crippen molar-refractivity contribution in [2.24, 2.45) is 0 Å². The van der Waals surface area contributed by atoms with E-state index in [-0.39, 0.29) is 24.0 Å². The molecule has 1 saturated heterocycles. The Labute approximate surface area is 148 Å². The van der Waals surface area contributed by atoms with Crippen LogP contribution in [0.3, 0.4) is 0 Å². The van der Waals surface area contributed by atoms with Gasteiger partial charge in [0.1, 0.15) is 17.6 Å². The fourth-order valence-corrected chi connectivity index (χ4v) is 3.32. The van der Waals surface area contributed by atoms with Crippen LogP contribution in [0.1, 0.15) is 35.6 Å². The molecule has 136 valence electrons. The Morgan fingerprint density at radius 3 is 2.96 bits per heavy atom. The first-order valence-corrected chi connectivity index (χ1v) is 8.25. The topological polar surface area (TPSA) is 136 Å². The average Bonchev–Trinajstić information content (AvgIpc) is 3.21. The molecule has 3 aromatic rings. The number of nitrogen functional groups attached to an aromatic ring is 1. The monoisotopic (exact) mass is 357 g/mol. The van der Waals surface area contributed by atoms with E-state index in [0.29, 0.717) is 29.9 Å². The normalized spacial score (nSPS) is 23.5. The molecule has 10 nitrogen and oxygen atoms in total. The van der Waals surface area contributed by atoms with Crippen LogP contribution >= 0.6 is 0 Å². The van der Waals surface area contributed by atoms with Crippen LogP contribution in [0.25, 0.3) is 11.2 Å². The van der Waals surface area contributed by atoms with E-state index in [1.807, 2.05) is 0 Å². The number of nitrogens with zero attached hydrogens (tertiary/aromatic N) is 6. The van der Waals surface area contributed by atoms with E-state index in [9.17, 15) is 9.90 Å².